The highest BCUT2D eigenvalue weighted by Gasteiger charge is 2.62. The first-order valence-corrected chi connectivity index (χ1v) is 11.8. The molecule has 1 N–H and O–H groups in total. The molecule has 1 aromatic heterocycles. The van der Waals surface area contributed by atoms with Gasteiger partial charge in [0.15, 0.2) is 0 Å². The van der Waals surface area contributed by atoms with Gasteiger partial charge in [-0.1, -0.05) is 24.3 Å². The number of pyridine rings is 1. The zero-order valence-electron chi connectivity index (χ0n) is 18.4. The van der Waals surface area contributed by atoms with Gasteiger partial charge in [-0.2, -0.15) is 0 Å². The number of benzene rings is 2. The van der Waals surface area contributed by atoms with Crippen molar-refractivity contribution in [3.05, 3.63) is 87.7 Å². The number of rotatable bonds is 5. The van der Waals surface area contributed by atoms with E-state index in [0.29, 0.717) is 18.6 Å². The minimum Gasteiger partial charge on any atom is -0.310 e. The van der Waals surface area contributed by atoms with Gasteiger partial charge in [-0.3, -0.25) is 9.69 Å². The topological polar surface area (TPSA) is 37.3 Å². The summed E-state index contributed by atoms with van der Waals surface area (Å²) in [7, 11) is 0. The number of hydrogen-bond donors (Lipinski definition) is 1. The summed E-state index contributed by atoms with van der Waals surface area (Å²) in [6.45, 7) is 3.29. The highest BCUT2D eigenvalue weighted by Crippen LogP contribution is 2.58. The molecule has 2 fully saturated rings. The molecular formula is C27H27F2N3O. The van der Waals surface area contributed by atoms with Crippen LogP contribution in [0.1, 0.15) is 30.4 Å². The molecule has 2 atom stereocenters. The van der Waals surface area contributed by atoms with Crippen molar-refractivity contribution in [1.29, 1.82) is 0 Å². The third kappa shape index (κ3) is 3.52. The maximum absolute atomic E-state index is 15.0. The van der Waals surface area contributed by atoms with Gasteiger partial charge in [-0.15, -0.1) is 0 Å². The molecule has 0 bridgehead atoms. The zero-order chi connectivity index (χ0) is 22.6. The maximum Gasteiger partial charge on any atom is 0.251 e. The van der Waals surface area contributed by atoms with Crippen LogP contribution in [0.25, 0.3) is 17.0 Å². The SMILES string of the molecule is O=c1ccc2ccc(F)c3c2n1C[C@@]31C[C@H]1N1CCC(NC/C=C/c2cccc(F)c2)CC1. The Morgan fingerprint density at radius 2 is 1.91 bits per heavy atom. The van der Waals surface area contributed by atoms with Crippen LogP contribution in [0.3, 0.4) is 0 Å². The largest absolute Gasteiger partial charge is 0.310 e. The van der Waals surface area contributed by atoms with Gasteiger partial charge in [-0.25, -0.2) is 8.78 Å². The Labute approximate surface area is 191 Å². The molecule has 4 nitrogen and oxygen atoms in total. The van der Waals surface area contributed by atoms with Crippen LogP contribution in [0.2, 0.25) is 0 Å². The van der Waals surface area contributed by atoms with E-state index in [4.69, 9.17) is 0 Å². The van der Waals surface area contributed by atoms with Crippen molar-refractivity contribution in [2.24, 2.45) is 0 Å². The van der Waals surface area contributed by atoms with Crippen molar-refractivity contribution >= 4 is 17.0 Å². The van der Waals surface area contributed by atoms with E-state index >= 15 is 0 Å². The lowest BCUT2D eigenvalue weighted by Gasteiger charge is -2.33. The minimum absolute atomic E-state index is 0.0360. The Kier molecular flexibility index (Phi) is 4.96. The molecule has 1 spiro atoms. The molecule has 6 heteroatoms. The van der Waals surface area contributed by atoms with Crippen molar-refractivity contribution < 1.29 is 8.78 Å². The summed E-state index contributed by atoms with van der Waals surface area (Å²) in [5.74, 6) is -0.398. The molecule has 3 aromatic rings. The number of halogens is 2. The van der Waals surface area contributed by atoms with Gasteiger partial charge in [-0.05, 0) is 73.6 Å². The van der Waals surface area contributed by atoms with E-state index in [1.807, 2.05) is 24.3 Å². The predicted molar refractivity (Wildman–Crippen MR) is 126 cm³/mol. The first-order chi connectivity index (χ1) is 16.0. The molecule has 2 aliphatic heterocycles. The Balaban J connectivity index is 1.08. The van der Waals surface area contributed by atoms with Crippen LogP contribution in [-0.4, -0.2) is 41.2 Å². The van der Waals surface area contributed by atoms with Crippen LogP contribution >= 0.6 is 0 Å². The van der Waals surface area contributed by atoms with Crippen LogP contribution in [-0.2, 0) is 12.0 Å². The Hall–Kier alpha value is -2.83. The number of nitrogens with zero attached hydrogens (tertiary/aromatic N) is 2. The van der Waals surface area contributed by atoms with Crippen LogP contribution in [0.15, 0.2) is 59.4 Å². The lowest BCUT2D eigenvalue weighted by Crippen LogP contribution is -2.45. The first-order valence-electron chi connectivity index (χ1n) is 11.8. The smallest absolute Gasteiger partial charge is 0.251 e. The molecule has 1 saturated carbocycles. The molecule has 33 heavy (non-hydrogen) atoms. The van der Waals surface area contributed by atoms with E-state index in [2.05, 4.69) is 10.2 Å². The van der Waals surface area contributed by atoms with Gasteiger partial charge < -0.3 is 9.88 Å². The summed E-state index contributed by atoms with van der Waals surface area (Å²) in [5.41, 5.74) is 2.12. The van der Waals surface area contributed by atoms with Crippen molar-refractivity contribution in [2.75, 3.05) is 19.6 Å². The summed E-state index contributed by atoms with van der Waals surface area (Å²) < 4.78 is 30.0. The lowest BCUT2D eigenvalue weighted by molar-refractivity contribution is 0.177. The van der Waals surface area contributed by atoms with Gasteiger partial charge >= 0.3 is 0 Å². The van der Waals surface area contributed by atoms with Crippen LogP contribution in [0.5, 0.6) is 0 Å². The number of piperidine rings is 1. The Morgan fingerprint density at radius 1 is 1.09 bits per heavy atom. The molecule has 3 aliphatic rings. The fourth-order valence-corrected chi connectivity index (χ4v) is 6.02. The molecular weight excluding hydrogens is 420 g/mol. The molecule has 3 heterocycles. The first kappa shape index (κ1) is 20.8. The highest BCUT2D eigenvalue weighted by atomic mass is 19.1. The number of likely N-dealkylation sites (tertiary alicyclic amines) is 1. The molecule has 0 radical (unpaired) electrons. The lowest BCUT2D eigenvalue weighted by atomic mass is 9.94. The average Bonchev–Trinajstić information content (AvgIpc) is 3.41. The molecule has 6 rings (SSSR count). The molecule has 1 saturated heterocycles. The van der Waals surface area contributed by atoms with E-state index in [1.54, 1.807) is 28.8 Å². The summed E-state index contributed by atoms with van der Waals surface area (Å²) in [6.07, 6.45) is 6.97. The van der Waals surface area contributed by atoms with Crippen molar-refractivity contribution in [3.8, 4) is 0 Å². The maximum atomic E-state index is 15.0. The highest BCUT2D eigenvalue weighted by molar-refractivity contribution is 5.86. The van der Waals surface area contributed by atoms with Gasteiger partial charge in [0.2, 0.25) is 0 Å². The molecule has 170 valence electrons. The van der Waals surface area contributed by atoms with E-state index in [1.165, 1.54) is 12.1 Å². The van der Waals surface area contributed by atoms with E-state index < -0.39 is 0 Å². The second-order valence-corrected chi connectivity index (χ2v) is 9.67. The van der Waals surface area contributed by atoms with Crippen molar-refractivity contribution in [3.63, 3.8) is 0 Å². The third-order valence-electron chi connectivity index (χ3n) is 7.73. The van der Waals surface area contributed by atoms with Crippen LogP contribution in [0.4, 0.5) is 8.78 Å². The van der Waals surface area contributed by atoms with E-state index in [9.17, 15) is 13.6 Å². The summed E-state index contributed by atoms with van der Waals surface area (Å²) in [6, 6.07) is 14.1. The van der Waals surface area contributed by atoms with Gasteiger partial charge in [0.25, 0.3) is 5.56 Å². The molecule has 0 amide bonds. The normalized spacial score (nSPS) is 25.0. The van der Waals surface area contributed by atoms with Crippen molar-refractivity contribution in [1.82, 2.24) is 14.8 Å². The second-order valence-electron chi connectivity index (χ2n) is 9.67. The number of fused-ring (bicyclic) bond motifs is 1. The zero-order valence-corrected chi connectivity index (χ0v) is 18.4. The fourth-order valence-electron chi connectivity index (χ4n) is 6.02. The molecule has 2 aromatic carbocycles. The second kappa shape index (κ2) is 7.89. The average molecular weight is 448 g/mol. The van der Waals surface area contributed by atoms with E-state index in [0.717, 1.165) is 60.9 Å². The number of nitrogens with one attached hydrogen (secondary N) is 1. The number of aromatic nitrogens is 1. The monoisotopic (exact) mass is 447 g/mol. The fraction of sp³-hybridized carbons (Fsp3) is 0.370. The molecule has 1 aliphatic carbocycles. The quantitative estimate of drug-likeness (QED) is 0.641. The minimum atomic E-state index is -0.259. The summed E-state index contributed by atoms with van der Waals surface area (Å²) in [5, 5.41) is 4.53. The third-order valence-corrected chi connectivity index (χ3v) is 7.73. The van der Waals surface area contributed by atoms with Crippen LogP contribution in [0, 0.1) is 11.6 Å². The van der Waals surface area contributed by atoms with Gasteiger partial charge in [0, 0.05) is 42.2 Å². The summed E-state index contributed by atoms with van der Waals surface area (Å²) >= 11 is 0. The van der Waals surface area contributed by atoms with Gasteiger partial charge in [0.1, 0.15) is 11.6 Å². The standard InChI is InChI=1S/C27H27F2N3O/c28-20-5-1-3-18(15-20)4-2-12-30-21-10-13-31(14-11-21)23-16-27(23)17-32-24(33)9-7-19-6-8-22(29)25(27)26(19)32/h1-9,15,21,23,30H,10-14,16-17H2/b4-2+/t23-,27-/m1/s1. The van der Waals surface area contributed by atoms with E-state index in [-0.39, 0.29) is 22.6 Å². The van der Waals surface area contributed by atoms with Crippen molar-refractivity contribution in [2.45, 2.75) is 43.3 Å². The van der Waals surface area contributed by atoms with Gasteiger partial charge in [0.05, 0.1) is 5.52 Å². The Bertz CT molecular complexity index is 1310. The molecule has 0 unspecified atom stereocenters. The number of hydrogen-bond acceptors (Lipinski definition) is 3. The predicted octanol–water partition coefficient (Wildman–Crippen LogP) is 4.07. The Morgan fingerprint density at radius 3 is 2.73 bits per heavy atom. The summed E-state index contributed by atoms with van der Waals surface area (Å²) in [4.78, 5) is 15.0. The van der Waals surface area contributed by atoms with Crippen LogP contribution < -0.4 is 10.9 Å².